The molecule has 0 aliphatic heterocycles. The molecule has 1 amide bonds. The van der Waals surface area contributed by atoms with Gasteiger partial charge in [-0.25, -0.2) is 4.39 Å². The lowest BCUT2D eigenvalue weighted by molar-refractivity contribution is 0.0646. The third-order valence-electron chi connectivity index (χ3n) is 3.76. The predicted octanol–water partition coefficient (Wildman–Crippen LogP) is 4.65. The van der Waals surface area contributed by atoms with Crippen LogP contribution in [-0.4, -0.2) is 28.7 Å². The summed E-state index contributed by atoms with van der Waals surface area (Å²) in [5.41, 5.74) is 0.112. The van der Waals surface area contributed by atoms with Crippen LogP contribution in [0.1, 0.15) is 42.5 Å². The van der Waals surface area contributed by atoms with Crippen LogP contribution >= 0.6 is 27.5 Å². The minimum Gasteiger partial charge on any atom is -0.335 e. The molecule has 0 radical (unpaired) electrons. The fraction of sp³-hybridized carbons (Fsp3) is 0.533. The number of rotatable bonds is 4. The Morgan fingerprint density at radius 1 is 1.35 bits per heavy atom. The molecule has 5 heteroatoms. The molecule has 0 unspecified atom stereocenters. The molecule has 0 spiro atoms. The summed E-state index contributed by atoms with van der Waals surface area (Å²) in [5, 5.41) is 1.01. The molecular formula is C15H18BrClFNO. The first-order chi connectivity index (χ1) is 9.63. The van der Waals surface area contributed by atoms with Crippen LogP contribution in [0, 0.1) is 5.82 Å². The Hall–Kier alpha value is -0.610. The number of carbonyl (C=O) groups is 1. The standard InChI is InChI=1S/C15H18BrClFNO/c16-8-9-19(12-4-2-1-3-5-12)15(20)13-7-6-11(17)10-14(13)18/h6-7,10,12H,1-5,8-9H2. The van der Waals surface area contributed by atoms with Gasteiger partial charge in [-0.05, 0) is 31.0 Å². The van der Waals surface area contributed by atoms with Crippen LogP contribution in [0.5, 0.6) is 0 Å². The summed E-state index contributed by atoms with van der Waals surface area (Å²) in [5.74, 6) is -0.775. The van der Waals surface area contributed by atoms with Crippen LogP contribution in [0.4, 0.5) is 4.39 Å². The lowest BCUT2D eigenvalue weighted by Crippen LogP contribution is -2.42. The Balaban J connectivity index is 2.21. The largest absolute Gasteiger partial charge is 0.335 e. The van der Waals surface area contributed by atoms with Crippen molar-refractivity contribution in [2.45, 2.75) is 38.1 Å². The summed E-state index contributed by atoms with van der Waals surface area (Å²) in [4.78, 5) is 14.4. The van der Waals surface area contributed by atoms with E-state index in [-0.39, 0.29) is 17.5 Å². The topological polar surface area (TPSA) is 20.3 Å². The molecule has 2 nitrogen and oxygen atoms in total. The van der Waals surface area contributed by atoms with E-state index in [1.54, 1.807) is 11.0 Å². The van der Waals surface area contributed by atoms with Gasteiger partial charge in [0.25, 0.3) is 5.91 Å². The summed E-state index contributed by atoms with van der Waals surface area (Å²) in [6.45, 7) is 0.603. The summed E-state index contributed by atoms with van der Waals surface area (Å²) in [6, 6.07) is 4.46. The average Bonchev–Trinajstić information content (AvgIpc) is 2.45. The monoisotopic (exact) mass is 361 g/mol. The van der Waals surface area contributed by atoms with Gasteiger partial charge in [-0.3, -0.25) is 4.79 Å². The van der Waals surface area contributed by atoms with Gasteiger partial charge >= 0.3 is 0 Å². The Bertz CT molecular complexity index is 477. The molecule has 20 heavy (non-hydrogen) atoms. The highest BCUT2D eigenvalue weighted by atomic mass is 79.9. The van der Waals surface area contributed by atoms with Crippen molar-refractivity contribution in [2.24, 2.45) is 0 Å². The van der Waals surface area contributed by atoms with Gasteiger partial charge in [0.2, 0.25) is 0 Å². The molecule has 1 aromatic carbocycles. The van der Waals surface area contributed by atoms with E-state index in [1.807, 2.05) is 0 Å². The van der Waals surface area contributed by atoms with Crippen molar-refractivity contribution < 1.29 is 9.18 Å². The van der Waals surface area contributed by atoms with E-state index in [2.05, 4.69) is 15.9 Å². The maximum Gasteiger partial charge on any atom is 0.257 e. The maximum absolute atomic E-state index is 13.9. The van der Waals surface area contributed by atoms with Crippen molar-refractivity contribution in [1.29, 1.82) is 0 Å². The van der Waals surface area contributed by atoms with Gasteiger partial charge in [-0.1, -0.05) is 46.8 Å². The Morgan fingerprint density at radius 2 is 2.05 bits per heavy atom. The van der Waals surface area contributed by atoms with Gasteiger partial charge in [0.1, 0.15) is 5.82 Å². The van der Waals surface area contributed by atoms with E-state index in [9.17, 15) is 9.18 Å². The number of benzene rings is 1. The highest BCUT2D eigenvalue weighted by Gasteiger charge is 2.27. The van der Waals surface area contributed by atoms with Crippen molar-refractivity contribution >= 4 is 33.4 Å². The summed E-state index contributed by atoms with van der Waals surface area (Å²) in [6.07, 6.45) is 5.52. The molecule has 1 saturated carbocycles. The van der Waals surface area contributed by atoms with Gasteiger partial charge in [-0.2, -0.15) is 0 Å². The second-order valence-corrected chi connectivity index (χ2v) is 6.33. The zero-order valence-corrected chi connectivity index (χ0v) is 13.6. The van der Waals surface area contributed by atoms with Crippen LogP contribution < -0.4 is 0 Å². The van der Waals surface area contributed by atoms with E-state index >= 15 is 0 Å². The second kappa shape index (κ2) is 7.41. The lowest BCUT2D eigenvalue weighted by atomic mass is 9.93. The molecule has 1 aliphatic rings. The molecule has 0 heterocycles. The Kier molecular flexibility index (Phi) is 5.85. The molecule has 0 aromatic heterocycles. The minimum atomic E-state index is -0.544. The van der Waals surface area contributed by atoms with Gasteiger partial charge in [0, 0.05) is 22.9 Å². The van der Waals surface area contributed by atoms with Crippen LogP contribution in [0.3, 0.4) is 0 Å². The highest BCUT2D eigenvalue weighted by molar-refractivity contribution is 9.09. The van der Waals surface area contributed by atoms with E-state index < -0.39 is 5.82 Å². The number of hydrogen-bond donors (Lipinski definition) is 0. The zero-order chi connectivity index (χ0) is 14.5. The zero-order valence-electron chi connectivity index (χ0n) is 11.2. The van der Waals surface area contributed by atoms with Crippen LogP contribution in [-0.2, 0) is 0 Å². The third-order valence-corrected chi connectivity index (χ3v) is 4.35. The summed E-state index contributed by atoms with van der Waals surface area (Å²) >= 11 is 9.12. The molecule has 1 aromatic rings. The van der Waals surface area contributed by atoms with Crippen molar-refractivity contribution in [1.82, 2.24) is 4.90 Å². The molecule has 1 fully saturated rings. The van der Waals surface area contributed by atoms with E-state index in [4.69, 9.17) is 11.6 Å². The first kappa shape index (κ1) is 15.8. The molecule has 0 atom stereocenters. The van der Waals surface area contributed by atoms with Crippen molar-refractivity contribution in [3.63, 3.8) is 0 Å². The Labute approximate surface area is 132 Å². The van der Waals surface area contributed by atoms with Crippen LogP contribution in [0.2, 0.25) is 5.02 Å². The SMILES string of the molecule is O=C(c1ccc(Cl)cc1F)N(CCBr)C1CCCCC1. The average molecular weight is 363 g/mol. The van der Waals surface area contributed by atoms with Crippen molar-refractivity contribution in [3.05, 3.63) is 34.6 Å². The molecule has 1 aliphatic carbocycles. The Morgan fingerprint density at radius 3 is 2.65 bits per heavy atom. The number of nitrogens with zero attached hydrogens (tertiary/aromatic N) is 1. The first-order valence-corrected chi connectivity index (χ1v) is 8.45. The first-order valence-electron chi connectivity index (χ1n) is 6.95. The van der Waals surface area contributed by atoms with Crippen LogP contribution in [0.15, 0.2) is 18.2 Å². The van der Waals surface area contributed by atoms with Crippen molar-refractivity contribution in [3.8, 4) is 0 Å². The van der Waals surface area contributed by atoms with Gasteiger partial charge in [-0.15, -0.1) is 0 Å². The minimum absolute atomic E-state index is 0.112. The lowest BCUT2D eigenvalue weighted by Gasteiger charge is -2.34. The second-order valence-electron chi connectivity index (χ2n) is 5.10. The number of alkyl halides is 1. The fourth-order valence-corrected chi connectivity index (χ4v) is 3.29. The van der Waals surface area contributed by atoms with Crippen LogP contribution in [0.25, 0.3) is 0 Å². The number of carbonyl (C=O) groups excluding carboxylic acids is 1. The van der Waals surface area contributed by atoms with E-state index in [0.29, 0.717) is 16.9 Å². The quantitative estimate of drug-likeness (QED) is 0.714. The predicted molar refractivity (Wildman–Crippen MR) is 83.1 cm³/mol. The highest BCUT2D eigenvalue weighted by Crippen LogP contribution is 2.25. The fourth-order valence-electron chi connectivity index (χ4n) is 2.75. The summed E-state index contributed by atoms with van der Waals surface area (Å²) in [7, 11) is 0. The number of hydrogen-bond acceptors (Lipinski definition) is 1. The number of amides is 1. The maximum atomic E-state index is 13.9. The number of halogens is 3. The van der Waals surface area contributed by atoms with Gasteiger partial charge in [0.05, 0.1) is 5.56 Å². The molecule has 110 valence electrons. The smallest absolute Gasteiger partial charge is 0.257 e. The summed E-state index contributed by atoms with van der Waals surface area (Å²) < 4.78 is 13.9. The molecule has 0 N–H and O–H groups in total. The van der Waals surface area contributed by atoms with Crippen molar-refractivity contribution in [2.75, 3.05) is 11.9 Å². The van der Waals surface area contributed by atoms with E-state index in [0.717, 1.165) is 25.7 Å². The molecular weight excluding hydrogens is 345 g/mol. The third kappa shape index (κ3) is 3.73. The van der Waals surface area contributed by atoms with E-state index in [1.165, 1.54) is 18.6 Å². The molecule has 0 bridgehead atoms. The van der Waals surface area contributed by atoms with Gasteiger partial charge < -0.3 is 4.90 Å². The molecule has 2 rings (SSSR count). The van der Waals surface area contributed by atoms with Gasteiger partial charge in [0.15, 0.2) is 0 Å². The molecule has 0 saturated heterocycles. The normalized spacial score (nSPS) is 16.1.